The van der Waals surface area contributed by atoms with E-state index in [4.69, 9.17) is 14.5 Å². The van der Waals surface area contributed by atoms with Crippen molar-refractivity contribution in [3.8, 4) is 22.8 Å². The number of hydrogen-bond donors (Lipinski definition) is 1. The number of benzene rings is 2. The summed E-state index contributed by atoms with van der Waals surface area (Å²) in [5, 5.41) is 3.95. The zero-order valence-electron chi connectivity index (χ0n) is 17.3. The molecule has 154 valence electrons. The van der Waals surface area contributed by atoms with E-state index in [1.807, 2.05) is 68.4 Å². The maximum atomic E-state index is 13.4. The minimum Gasteiger partial charge on any atom is -0.454 e. The molecule has 0 saturated heterocycles. The second-order valence-electron chi connectivity index (χ2n) is 7.62. The Morgan fingerprint density at radius 3 is 2.65 bits per heavy atom. The number of aryl methyl sites for hydroxylation is 1. The highest BCUT2D eigenvalue weighted by Crippen LogP contribution is 2.34. The van der Waals surface area contributed by atoms with Gasteiger partial charge in [-0.3, -0.25) is 9.78 Å². The molecule has 2 aromatic heterocycles. The van der Waals surface area contributed by atoms with Gasteiger partial charge in [0, 0.05) is 23.3 Å². The van der Waals surface area contributed by atoms with E-state index >= 15 is 0 Å². The summed E-state index contributed by atoms with van der Waals surface area (Å²) in [6, 6.07) is 17.1. The van der Waals surface area contributed by atoms with Gasteiger partial charge in [-0.2, -0.15) is 0 Å². The summed E-state index contributed by atoms with van der Waals surface area (Å²) in [5.41, 5.74) is 5.04. The van der Waals surface area contributed by atoms with E-state index in [1.165, 1.54) is 0 Å². The summed E-state index contributed by atoms with van der Waals surface area (Å²) in [7, 11) is 0. The van der Waals surface area contributed by atoms with Gasteiger partial charge in [0.15, 0.2) is 11.5 Å². The number of aromatic nitrogens is 2. The van der Waals surface area contributed by atoms with Gasteiger partial charge in [-0.05, 0) is 61.9 Å². The molecule has 0 spiro atoms. The number of pyridine rings is 2. The van der Waals surface area contributed by atoms with Gasteiger partial charge in [-0.15, -0.1) is 0 Å². The van der Waals surface area contributed by atoms with Crippen LogP contribution in [0.5, 0.6) is 11.5 Å². The maximum absolute atomic E-state index is 13.4. The van der Waals surface area contributed by atoms with Crippen LogP contribution in [-0.2, 0) is 0 Å². The summed E-state index contributed by atoms with van der Waals surface area (Å²) in [5.74, 6) is 1.27. The van der Waals surface area contributed by atoms with Crippen molar-refractivity contribution in [1.29, 1.82) is 0 Å². The number of ether oxygens (including phenoxy) is 2. The largest absolute Gasteiger partial charge is 0.454 e. The molecule has 31 heavy (non-hydrogen) atoms. The van der Waals surface area contributed by atoms with Gasteiger partial charge in [0.25, 0.3) is 5.91 Å². The van der Waals surface area contributed by atoms with E-state index in [-0.39, 0.29) is 18.7 Å². The van der Waals surface area contributed by atoms with Crippen LogP contribution >= 0.6 is 0 Å². The van der Waals surface area contributed by atoms with Gasteiger partial charge >= 0.3 is 0 Å². The minimum atomic E-state index is -0.209. The van der Waals surface area contributed by atoms with Crippen molar-refractivity contribution in [2.45, 2.75) is 19.9 Å². The smallest absolute Gasteiger partial charge is 0.252 e. The Morgan fingerprint density at radius 1 is 1.00 bits per heavy atom. The second-order valence-corrected chi connectivity index (χ2v) is 7.62. The van der Waals surface area contributed by atoms with Gasteiger partial charge in [-0.25, -0.2) is 4.98 Å². The first kappa shape index (κ1) is 19.1. The molecule has 0 unspecified atom stereocenters. The van der Waals surface area contributed by atoms with E-state index in [0.29, 0.717) is 11.3 Å². The van der Waals surface area contributed by atoms with E-state index in [2.05, 4.69) is 10.3 Å². The number of carbonyl (C=O) groups excluding carboxylic acids is 1. The summed E-state index contributed by atoms with van der Waals surface area (Å²) in [6.07, 6.45) is 3.44. The molecule has 2 aromatic carbocycles. The lowest BCUT2D eigenvalue weighted by molar-refractivity contribution is 0.0941. The predicted molar refractivity (Wildman–Crippen MR) is 118 cm³/mol. The fourth-order valence-electron chi connectivity index (χ4n) is 3.74. The highest BCUT2D eigenvalue weighted by atomic mass is 16.7. The molecular weight excluding hydrogens is 390 g/mol. The first-order valence-corrected chi connectivity index (χ1v) is 10.1. The Kier molecular flexibility index (Phi) is 4.75. The van der Waals surface area contributed by atoms with Crippen LogP contribution in [-0.4, -0.2) is 22.7 Å². The van der Waals surface area contributed by atoms with E-state index in [9.17, 15) is 4.79 Å². The average Bonchev–Trinajstić information content (AvgIpc) is 3.27. The molecule has 0 saturated carbocycles. The highest BCUT2D eigenvalue weighted by molar-refractivity contribution is 6.07. The summed E-state index contributed by atoms with van der Waals surface area (Å²) < 4.78 is 10.8. The van der Waals surface area contributed by atoms with E-state index in [0.717, 1.165) is 39.0 Å². The summed E-state index contributed by atoms with van der Waals surface area (Å²) in [6.45, 7) is 4.18. The first-order valence-electron chi connectivity index (χ1n) is 10.1. The Labute approximate surface area is 179 Å². The molecule has 1 amide bonds. The Morgan fingerprint density at radius 2 is 1.81 bits per heavy atom. The molecule has 4 aromatic rings. The molecule has 1 atom stereocenters. The second kappa shape index (κ2) is 7.72. The van der Waals surface area contributed by atoms with E-state index in [1.54, 1.807) is 12.4 Å². The van der Waals surface area contributed by atoms with Gasteiger partial charge in [0.2, 0.25) is 6.79 Å². The first-order chi connectivity index (χ1) is 15.1. The number of rotatable bonds is 4. The third kappa shape index (κ3) is 3.68. The number of hydrogen-bond acceptors (Lipinski definition) is 5. The van der Waals surface area contributed by atoms with Gasteiger partial charge in [0.05, 0.1) is 22.8 Å². The van der Waals surface area contributed by atoms with Crippen LogP contribution in [0.25, 0.3) is 22.2 Å². The normalized spacial score (nSPS) is 13.2. The zero-order chi connectivity index (χ0) is 21.4. The standard InChI is InChI=1S/C25H21N3O3/c1-15-3-5-21-19(11-15)20(13-22(28-21)17-7-9-26-10-8-17)25(29)27-16(2)18-4-6-23-24(12-18)31-14-30-23/h3-13,16H,14H2,1-2H3,(H,27,29)/t16-/m1/s1. The maximum Gasteiger partial charge on any atom is 0.252 e. The van der Waals surface area contributed by atoms with Crippen LogP contribution in [0, 0.1) is 6.92 Å². The van der Waals surface area contributed by atoms with Gasteiger partial charge in [0.1, 0.15) is 0 Å². The predicted octanol–water partition coefficient (Wildman–Crippen LogP) is 4.82. The topological polar surface area (TPSA) is 73.3 Å². The molecule has 6 heteroatoms. The van der Waals surface area contributed by atoms with Crippen LogP contribution in [0.3, 0.4) is 0 Å². The van der Waals surface area contributed by atoms with Gasteiger partial charge < -0.3 is 14.8 Å². The lowest BCUT2D eigenvalue weighted by Crippen LogP contribution is -2.27. The molecule has 5 rings (SSSR count). The zero-order valence-corrected chi connectivity index (χ0v) is 17.3. The lowest BCUT2D eigenvalue weighted by Gasteiger charge is -2.17. The molecule has 0 aliphatic carbocycles. The Hall–Kier alpha value is -3.93. The number of fused-ring (bicyclic) bond motifs is 2. The van der Waals surface area contributed by atoms with Crippen molar-refractivity contribution in [3.63, 3.8) is 0 Å². The summed E-state index contributed by atoms with van der Waals surface area (Å²) >= 11 is 0. The third-order valence-electron chi connectivity index (χ3n) is 5.43. The van der Waals surface area contributed by atoms with E-state index < -0.39 is 0 Å². The molecule has 1 aliphatic rings. The fourth-order valence-corrected chi connectivity index (χ4v) is 3.74. The van der Waals surface area contributed by atoms with Gasteiger partial charge in [-0.1, -0.05) is 17.7 Å². The average molecular weight is 411 g/mol. The molecule has 0 radical (unpaired) electrons. The Balaban J connectivity index is 1.52. The van der Waals surface area contributed by atoms with Crippen LogP contribution < -0.4 is 14.8 Å². The number of nitrogens with zero attached hydrogens (tertiary/aromatic N) is 2. The monoisotopic (exact) mass is 411 g/mol. The molecule has 6 nitrogen and oxygen atoms in total. The Bertz CT molecular complexity index is 1290. The highest BCUT2D eigenvalue weighted by Gasteiger charge is 2.19. The van der Waals surface area contributed by atoms with Crippen molar-refractivity contribution in [2.24, 2.45) is 0 Å². The van der Waals surface area contributed by atoms with Crippen molar-refractivity contribution >= 4 is 16.8 Å². The lowest BCUT2D eigenvalue weighted by atomic mass is 10.0. The van der Waals surface area contributed by atoms with Crippen LogP contribution in [0.4, 0.5) is 0 Å². The van der Waals surface area contributed by atoms with Crippen LogP contribution in [0.15, 0.2) is 67.0 Å². The molecule has 1 aliphatic heterocycles. The number of carbonyl (C=O) groups is 1. The molecule has 0 fully saturated rings. The minimum absolute atomic E-state index is 0.154. The van der Waals surface area contributed by atoms with Crippen molar-refractivity contribution < 1.29 is 14.3 Å². The number of amides is 1. The van der Waals surface area contributed by atoms with Crippen molar-refractivity contribution in [1.82, 2.24) is 15.3 Å². The van der Waals surface area contributed by atoms with Crippen LogP contribution in [0.2, 0.25) is 0 Å². The third-order valence-corrected chi connectivity index (χ3v) is 5.43. The van der Waals surface area contributed by atoms with Crippen molar-refractivity contribution in [3.05, 3.63) is 83.7 Å². The number of nitrogens with one attached hydrogen (secondary N) is 1. The fraction of sp³-hybridized carbons (Fsp3) is 0.160. The quantitative estimate of drug-likeness (QED) is 0.521. The SMILES string of the molecule is Cc1ccc2nc(-c3ccncc3)cc(C(=O)N[C@H](C)c3ccc4c(c3)OCO4)c2c1. The molecule has 3 heterocycles. The van der Waals surface area contributed by atoms with Crippen molar-refractivity contribution in [2.75, 3.05) is 6.79 Å². The molecular formula is C25H21N3O3. The summed E-state index contributed by atoms with van der Waals surface area (Å²) in [4.78, 5) is 22.2. The molecule has 0 bridgehead atoms. The molecule has 1 N–H and O–H groups in total. The van der Waals surface area contributed by atoms with Crippen LogP contribution in [0.1, 0.15) is 34.5 Å².